The Bertz CT molecular complexity index is 1220. The molecule has 1 aromatic carbocycles. The average Bonchev–Trinajstić information content (AvgIpc) is 2.87. The van der Waals surface area contributed by atoms with Crippen molar-refractivity contribution in [2.24, 2.45) is 0 Å². The maximum atomic E-state index is 12.9. The summed E-state index contributed by atoms with van der Waals surface area (Å²) < 4.78 is 0. The van der Waals surface area contributed by atoms with Gasteiger partial charge in [-0.25, -0.2) is 19.7 Å². The minimum atomic E-state index is -0.649. The van der Waals surface area contributed by atoms with E-state index in [2.05, 4.69) is 25.6 Å². The summed E-state index contributed by atoms with van der Waals surface area (Å²) in [4.78, 5) is 53.4. The number of aromatic nitrogens is 3. The van der Waals surface area contributed by atoms with Crippen LogP contribution in [0.2, 0.25) is 5.02 Å². The number of anilines is 3. The number of carbonyl (C=O) groups excluding carboxylic acids is 3. The van der Waals surface area contributed by atoms with Crippen molar-refractivity contribution >= 4 is 46.6 Å². The van der Waals surface area contributed by atoms with E-state index in [9.17, 15) is 14.4 Å². The van der Waals surface area contributed by atoms with Crippen molar-refractivity contribution in [2.45, 2.75) is 6.42 Å². The molecule has 0 saturated carbocycles. The molecule has 1 aliphatic rings. The Hall–Kier alpha value is -4.09. The van der Waals surface area contributed by atoms with Gasteiger partial charge in [-0.3, -0.25) is 14.5 Å². The van der Waals surface area contributed by atoms with Crippen LogP contribution in [0.25, 0.3) is 0 Å². The lowest BCUT2D eigenvalue weighted by atomic mass is 10.2. The molecule has 11 nitrogen and oxygen atoms in total. The van der Waals surface area contributed by atoms with E-state index in [-0.39, 0.29) is 36.4 Å². The first kappa shape index (κ1) is 24.0. The summed E-state index contributed by atoms with van der Waals surface area (Å²) in [7, 11) is 0. The zero-order valence-corrected chi connectivity index (χ0v) is 19.3. The summed E-state index contributed by atoms with van der Waals surface area (Å²) in [5.74, 6) is -1.02. The molecule has 1 fully saturated rings. The summed E-state index contributed by atoms with van der Waals surface area (Å²) in [5.41, 5.74) is 0.799. The van der Waals surface area contributed by atoms with E-state index in [1.165, 1.54) is 24.7 Å². The Morgan fingerprint density at radius 2 is 1.63 bits per heavy atom. The molecule has 0 spiro atoms. The molecule has 3 heterocycles. The van der Waals surface area contributed by atoms with E-state index in [4.69, 9.17) is 16.7 Å². The van der Waals surface area contributed by atoms with Gasteiger partial charge >= 0.3 is 6.03 Å². The number of halogens is 1. The van der Waals surface area contributed by atoms with Gasteiger partial charge in [-0.2, -0.15) is 0 Å². The van der Waals surface area contributed by atoms with E-state index >= 15 is 0 Å². The van der Waals surface area contributed by atoms with Crippen molar-refractivity contribution in [3.63, 3.8) is 0 Å². The number of aliphatic hydroxyl groups is 1. The Labute approximate surface area is 205 Å². The smallest absolute Gasteiger partial charge is 0.324 e. The van der Waals surface area contributed by atoms with Gasteiger partial charge in [-0.05, 0) is 42.8 Å². The first-order valence-electron chi connectivity index (χ1n) is 10.8. The zero-order valence-electron chi connectivity index (χ0n) is 18.5. The number of urea groups is 1. The predicted octanol–water partition coefficient (Wildman–Crippen LogP) is 2.65. The number of β-amino-alcohol motifs (C(OH)–C–C–N with tert-alkyl or cyclic N) is 1. The van der Waals surface area contributed by atoms with Gasteiger partial charge in [0.1, 0.15) is 5.82 Å². The second kappa shape index (κ2) is 10.9. The van der Waals surface area contributed by atoms with Gasteiger partial charge in [0, 0.05) is 49.6 Å². The number of amides is 4. The number of benzene rings is 1. The molecule has 1 saturated heterocycles. The first-order valence-corrected chi connectivity index (χ1v) is 11.2. The third kappa shape index (κ3) is 5.70. The second-order valence-corrected chi connectivity index (χ2v) is 8.01. The summed E-state index contributed by atoms with van der Waals surface area (Å²) in [5, 5.41) is 14.8. The molecule has 0 aliphatic carbocycles. The number of nitrogens with one attached hydrogen (secondary N) is 2. The molecule has 0 atom stereocenters. The van der Waals surface area contributed by atoms with Crippen LogP contribution in [0.4, 0.5) is 22.0 Å². The van der Waals surface area contributed by atoms with E-state index in [0.717, 1.165) is 6.42 Å². The maximum absolute atomic E-state index is 12.9. The Morgan fingerprint density at radius 1 is 0.943 bits per heavy atom. The van der Waals surface area contributed by atoms with Crippen molar-refractivity contribution in [1.82, 2.24) is 19.9 Å². The largest absolute Gasteiger partial charge is 0.395 e. The van der Waals surface area contributed by atoms with Crippen molar-refractivity contribution in [3.05, 3.63) is 71.4 Å². The van der Waals surface area contributed by atoms with Crippen LogP contribution in [0.3, 0.4) is 0 Å². The van der Waals surface area contributed by atoms with Crippen molar-refractivity contribution in [2.75, 3.05) is 41.8 Å². The molecule has 4 amide bonds. The summed E-state index contributed by atoms with van der Waals surface area (Å²) in [6.07, 6.45) is 4.79. The molecule has 180 valence electrons. The fourth-order valence-electron chi connectivity index (χ4n) is 3.56. The molecule has 0 radical (unpaired) electrons. The van der Waals surface area contributed by atoms with Crippen LogP contribution in [-0.4, -0.2) is 69.0 Å². The lowest BCUT2D eigenvalue weighted by molar-refractivity contribution is 0.0982. The standard InChI is InChI=1S/C23H22ClN7O4/c24-15-2-7-18(27-14-15)29-22(34)20-19(25-8-9-26-20)21(33)28-16-3-5-17(6-4-16)31-11-1-10-30(12-13-32)23(31)35/h2-9,14,32H,1,10-13H2,(H,28,33)(H,27,29,34). The number of rotatable bonds is 7. The Morgan fingerprint density at radius 3 is 2.26 bits per heavy atom. The van der Waals surface area contributed by atoms with Crippen molar-refractivity contribution < 1.29 is 19.5 Å². The van der Waals surface area contributed by atoms with Gasteiger partial charge in [-0.1, -0.05) is 11.6 Å². The molecular weight excluding hydrogens is 474 g/mol. The maximum Gasteiger partial charge on any atom is 0.324 e. The molecule has 2 aromatic heterocycles. The molecule has 3 N–H and O–H groups in total. The van der Waals surface area contributed by atoms with Gasteiger partial charge in [0.15, 0.2) is 11.4 Å². The number of aliphatic hydroxyl groups excluding tert-OH is 1. The summed E-state index contributed by atoms with van der Waals surface area (Å²) in [6, 6.07) is 9.65. The molecule has 12 heteroatoms. The fourth-order valence-corrected chi connectivity index (χ4v) is 3.67. The molecule has 1 aliphatic heterocycles. The quantitative estimate of drug-likeness (QED) is 0.457. The third-order valence-corrected chi connectivity index (χ3v) is 5.44. The van der Waals surface area contributed by atoms with E-state index < -0.39 is 11.8 Å². The first-order chi connectivity index (χ1) is 17.0. The van der Waals surface area contributed by atoms with Crippen LogP contribution in [0, 0.1) is 0 Å². The lowest BCUT2D eigenvalue weighted by Gasteiger charge is -2.35. The second-order valence-electron chi connectivity index (χ2n) is 7.57. The van der Waals surface area contributed by atoms with E-state index in [1.54, 1.807) is 40.1 Å². The average molecular weight is 496 g/mol. The topological polar surface area (TPSA) is 141 Å². The highest BCUT2D eigenvalue weighted by Crippen LogP contribution is 2.23. The molecule has 0 unspecified atom stereocenters. The number of hydrogen-bond donors (Lipinski definition) is 3. The van der Waals surface area contributed by atoms with Gasteiger partial charge < -0.3 is 20.6 Å². The normalized spacial score (nSPS) is 13.5. The monoisotopic (exact) mass is 495 g/mol. The number of nitrogens with zero attached hydrogens (tertiary/aromatic N) is 5. The third-order valence-electron chi connectivity index (χ3n) is 5.22. The van der Waals surface area contributed by atoms with Gasteiger partial charge in [0.25, 0.3) is 11.8 Å². The zero-order chi connectivity index (χ0) is 24.8. The van der Waals surface area contributed by atoms with Crippen LogP contribution < -0.4 is 15.5 Å². The van der Waals surface area contributed by atoms with Gasteiger partial charge in [0.2, 0.25) is 0 Å². The predicted molar refractivity (Wildman–Crippen MR) is 130 cm³/mol. The number of hydrogen-bond acceptors (Lipinski definition) is 7. The van der Waals surface area contributed by atoms with Crippen LogP contribution in [-0.2, 0) is 0 Å². The van der Waals surface area contributed by atoms with E-state index in [1.807, 2.05) is 0 Å². The summed E-state index contributed by atoms with van der Waals surface area (Å²) >= 11 is 5.81. The Balaban J connectivity index is 1.45. The number of pyridine rings is 1. The van der Waals surface area contributed by atoms with Gasteiger partial charge in [0.05, 0.1) is 11.6 Å². The molecule has 0 bridgehead atoms. The molecule has 35 heavy (non-hydrogen) atoms. The fraction of sp³-hybridized carbons (Fsp3) is 0.217. The van der Waals surface area contributed by atoms with Crippen LogP contribution in [0.5, 0.6) is 0 Å². The molecular formula is C23H22ClN7O4. The Kier molecular flexibility index (Phi) is 7.48. The minimum Gasteiger partial charge on any atom is -0.395 e. The van der Waals surface area contributed by atoms with Crippen molar-refractivity contribution in [3.8, 4) is 0 Å². The van der Waals surface area contributed by atoms with Crippen LogP contribution in [0.15, 0.2) is 55.0 Å². The number of carbonyl (C=O) groups is 3. The summed E-state index contributed by atoms with van der Waals surface area (Å²) in [6.45, 7) is 1.36. The van der Waals surface area contributed by atoms with Crippen LogP contribution >= 0.6 is 11.6 Å². The highest BCUT2D eigenvalue weighted by Gasteiger charge is 2.26. The SMILES string of the molecule is O=C(Nc1ccc(N2CCCN(CCO)C2=O)cc1)c1nccnc1C(=O)Nc1ccc(Cl)cn1. The highest BCUT2D eigenvalue weighted by atomic mass is 35.5. The molecule has 4 rings (SSSR count). The van der Waals surface area contributed by atoms with Crippen LogP contribution in [0.1, 0.15) is 27.4 Å². The minimum absolute atomic E-state index is 0.0941. The van der Waals surface area contributed by atoms with Crippen molar-refractivity contribution in [1.29, 1.82) is 0 Å². The van der Waals surface area contributed by atoms with Gasteiger partial charge in [-0.15, -0.1) is 0 Å². The molecule has 3 aromatic rings. The lowest BCUT2D eigenvalue weighted by Crippen LogP contribution is -2.50. The highest BCUT2D eigenvalue weighted by molar-refractivity contribution is 6.30. The van der Waals surface area contributed by atoms with E-state index in [0.29, 0.717) is 29.5 Å².